The number of para-hydroxylation sites is 1. The SMILES string of the molecule is CC(C)(C)c1ccc(-c2nc(N3CCOCC3)c3ccccc3n2)cc1.Cl. The Kier molecular flexibility index (Phi) is 5.68. The zero-order valence-corrected chi connectivity index (χ0v) is 16.9. The fourth-order valence-electron chi connectivity index (χ4n) is 3.32. The minimum Gasteiger partial charge on any atom is -0.378 e. The van der Waals surface area contributed by atoms with Gasteiger partial charge in [0.2, 0.25) is 0 Å². The molecule has 4 nitrogen and oxygen atoms in total. The van der Waals surface area contributed by atoms with Crippen molar-refractivity contribution in [2.45, 2.75) is 26.2 Å². The van der Waals surface area contributed by atoms with E-state index in [4.69, 9.17) is 14.7 Å². The minimum absolute atomic E-state index is 0. The molecule has 0 saturated carbocycles. The summed E-state index contributed by atoms with van der Waals surface area (Å²) in [5.74, 6) is 1.79. The quantitative estimate of drug-likeness (QED) is 0.633. The Morgan fingerprint density at radius 2 is 1.56 bits per heavy atom. The molecule has 0 spiro atoms. The van der Waals surface area contributed by atoms with Crippen LogP contribution in [-0.4, -0.2) is 36.3 Å². The highest BCUT2D eigenvalue weighted by molar-refractivity contribution is 5.91. The number of anilines is 1. The van der Waals surface area contributed by atoms with Gasteiger partial charge in [0.1, 0.15) is 5.82 Å². The molecule has 0 radical (unpaired) electrons. The second kappa shape index (κ2) is 7.83. The van der Waals surface area contributed by atoms with Crippen molar-refractivity contribution in [1.82, 2.24) is 9.97 Å². The van der Waals surface area contributed by atoms with Gasteiger partial charge in [-0.1, -0.05) is 57.2 Å². The molecule has 27 heavy (non-hydrogen) atoms. The van der Waals surface area contributed by atoms with Crippen molar-refractivity contribution in [3.05, 3.63) is 54.1 Å². The van der Waals surface area contributed by atoms with E-state index in [1.807, 2.05) is 12.1 Å². The highest BCUT2D eigenvalue weighted by Crippen LogP contribution is 2.29. The van der Waals surface area contributed by atoms with Crippen LogP contribution in [0.4, 0.5) is 5.82 Å². The standard InChI is InChI=1S/C22H25N3O.ClH/c1-22(2,3)17-10-8-16(9-11-17)20-23-19-7-5-4-6-18(19)21(24-20)25-12-14-26-15-13-25;/h4-11H,12-15H2,1-3H3;1H. The number of rotatable bonds is 2. The van der Waals surface area contributed by atoms with Crippen molar-refractivity contribution < 1.29 is 4.74 Å². The Hall–Kier alpha value is -2.17. The average Bonchev–Trinajstić information content (AvgIpc) is 2.67. The molecule has 0 atom stereocenters. The summed E-state index contributed by atoms with van der Waals surface area (Å²) >= 11 is 0. The van der Waals surface area contributed by atoms with Crippen LogP contribution in [0.2, 0.25) is 0 Å². The molecule has 0 unspecified atom stereocenters. The Labute approximate surface area is 167 Å². The van der Waals surface area contributed by atoms with Gasteiger partial charge in [-0.2, -0.15) is 0 Å². The molecule has 142 valence electrons. The summed E-state index contributed by atoms with van der Waals surface area (Å²) in [7, 11) is 0. The molecule has 5 heteroatoms. The van der Waals surface area contributed by atoms with Crippen molar-refractivity contribution in [1.29, 1.82) is 0 Å². The molecule has 2 heterocycles. The molecule has 1 fully saturated rings. The molecular formula is C22H26ClN3O. The summed E-state index contributed by atoms with van der Waals surface area (Å²) in [6.07, 6.45) is 0. The van der Waals surface area contributed by atoms with Crippen molar-refractivity contribution in [2.24, 2.45) is 0 Å². The lowest BCUT2D eigenvalue weighted by Gasteiger charge is -2.29. The predicted octanol–water partition coefficient (Wildman–Crippen LogP) is 4.85. The van der Waals surface area contributed by atoms with Crippen molar-refractivity contribution >= 4 is 29.1 Å². The number of benzene rings is 2. The lowest BCUT2D eigenvalue weighted by molar-refractivity contribution is 0.122. The smallest absolute Gasteiger partial charge is 0.162 e. The van der Waals surface area contributed by atoms with Crippen molar-refractivity contribution in [3.8, 4) is 11.4 Å². The highest BCUT2D eigenvalue weighted by Gasteiger charge is 2.18. The Morgan fingerprint density at radius 1 is 0.889 bits per heavy atom. The molecule has 2 aromatic carbocycles. The second-order valence-electron chi connectivity index (χ2n) is 7.81. The maximum atomic E-state index is 5.51. The topological polar surface area (TPSA) is 38.2 Å². The lowest BCUT2D eigenvalue weighted by Crippen LogP contribution is -2.37. The fourth-order valence-corrected chi connectivity index (χ4v) is 3.32. The third-order valence-corrected chi connectivity index (χ3v) is 4.90. The summed E-state index contributed by atoms with van der Waals surface area (Å²) < 4.78 is 5.51. The summed E-state index contributed by atoms with van der Waals surface area (Å²) in [5.41, 5.74) is 3.49. The number of nitrogens with zero attached hydrogens (tertiary/aromatic N) is 3. The first-order valence-corrected chi connectivity index (χ1v) is 9.23. The van der Waals surface area contributed by atoms with Crippen LogP contribution < -0.4 is 4.90 Å². The van der Waals surface area contributed by atoms with Gasteiger partial charge in [0.25, 0.3) is 0 Å². The van der Waals surface area contributed by atoms with Crippen LogP contribution in [-0.2, 0) is 10.2 Å². The molecule has 1 aliphatic heterocycles. The van der Waals surface area contributed by atoms with Gasteiger partial charge >= 0.3 is 0 Å². The van der Waals surface area contributed by atoms with Gasteiger partial charge in [-0.3, -0.25) is 0 Å². The van der Waals surface area contributed by atoms with Gasteiger partial charge in [0.15, 0.2) is 5.82 Å². The molecular weight excluding hydrogens is 358 g/mol. The summed E-state index contributed by atoms with van der Waals surface area (Å²) in [6, 6.07) is 16.9. The van der Waals surface area contributed by atoms with Crippen molar-refractivity contribution in [3.63, 3.8) is 0 Å². The first kappa shape index (κ1) is 19.6. The van der Waals surface area contributed by atoms with Gasteiger partial charge in [-0.15, -0.1) is 12.4 Å². The number of hydrogen-bond acceptors (Lipinski definition) is 4. The predicted molar refractivity (Wildman–Crippen MR) is 114 cm³/mol. The third-order valence-electron chi connectivity index (χ3n) is 4.90. The molecule has 0 N–H and O–H groups in total. The van der Waals surface area contributed by atoms with E-state index in [2.05, 4.69) is 62.1 Å². The van der Waals surface area contributed by atoms with Crippen LogP contribution in [0, 0.1) is 0 Å². The molecule has 1 saturated heterocycles. The zero-order chi connectivity index (χ0) is 18.1. The fraction of sp³-hybridized carbons (Fsp3) is 0.364. The van der Waals surface area contributed by atoms with E-state index < -0.39 is 0 Å². The molecule has 1 aromatic heterocycles. The van der Waals surface area contributed by atoms with Gasteiger partial charge in [-0.05, 0) is 23.1 Å². The minimum atomic E-state index is 0. The number of hydrogen-bond donors (Lipinski definition) is 0. The van der Waals surface area contributed by atoms with Crippen LogP contribution in [0.5, 0.6) is 0 Å². The number of halogens is 1. The monoisotopic (exact) mass is 383 g/mol. The molecule has 0 amide bonds. The van der Waals surface area contributed by atoms with E-state index in [0.717, 1.165) is 54.4 Å². The average molecular weight is 384 g/mol. The van der Waals surface area contributed by atoms with E-state index in [1.165, 1.54) is 5.56 Å². The van der Waals surface area contributed by atoms with E-state index in [1.54, 1.807) is 0 Å². The van der Waals surface area contributed by atoms with Gasteiger partial charge < -0.3 is 9.64 Å². The number of aromatic nitrogens is 2. The normalized spacial score (nSPS) is 14.9. The van der Waals surface area contributed by atoms with Crippen LogP contribution in [0.15, 0.2) is 48.5 Å². The lowest BCUT2D eigenvalue weighted by atomic mass is 9.87. The first-order valence-electron chi connectivity index (χ1n) is 9.23. The van der Waals surface area contributed by atoms with Crippen LogP contribution in [0.3, 0.4) is 0 Å². The molecule has 0 aliphatic carbocycles. The Morgan fingerprint density at radius 3 is 2.22 bits per heavy atom. The number of morpholine rings is 1. The largest absolute Gasteiger partial charge is 0.378 e. The Bertz CT molecular complexity index is 913. The van der Waals surface area contributed by atoms with Gasteiger partial charge in [-0.25, -0.2) is 9.97 Å². The first-order chi connectivity index (χ1) is 12.5. The van der Waals surface area contributed by atoms with Crippen LogP contribution in [0.1, 0.15) is 26.3 Å². The van der Waals surface area contributed by atoms with Crippen LogP contribution >= 0.6 is 12.4 Å². The molecule has 0 bridgehead atoms. The summed E-state index contributed by atoms with van der Waals surface area (Å²) in [5, 5.41) is 1.10. The van der Waals surface area contributed by atoms with Crippen LogP contribution in [0.25, 0.3) is 22.3 Å². The summed E-state index contributed by atoms with van der Waals surface area (Å²) in [6.45, 7) is 9.90. The van der Waals surface area contributed by atoms with Gasteiger partial charge in [0, 0.05) is 24.0 Å². The van der Waals surface area contributed by atoms with E-state index in [9.17, 15) is 0 Å². The molecule has 4 rings (SSSR count). The second-order valence-corrected chi connectivity index (χ2v) is 7.81. The number of ether oxygens (including phenoxy) is 1. The van der Waals surface area contributed by atoms with E-state index >= 15 is 0 Å². The highest BCUT2D eigenvalue weighted by atomic mass is 35.5. The maximum Gasteiger partial charge on any atom is 0.162 e. The number of fused-ring (bicyclic) bond motifs is 1. The molecule has 1 aliphatic rings. The molecule has 3 aromatic rings. The zero-order valence-electron chi connectivity index (χ0n) is 16.1. The summed E-state index contributed by atoms with van der Waals surface area (Å²) in [4.78, 5) is 12.1. The van der Waals surface area contributed by atoms with E-state index in [-0.39, 0.29) is 17.8 Å². The third kappa shape index (κ3) is 4.07. The van der Waals surface area contributed by atoms with Crippen molar-refractivity contribution in [2.75, 3.05) is 31.2 Å². The Balaban J connectivity index is 0.00000210. The maximum absolute atomic E-state index is 5.51. The van der Waals surface area contributed by atoms with E-state index in [0.29, 0.717) is 0 Å². The van der Waals surface area contributed by atoms with Gasteiger partial charge in [0.05, 0.1) is 18.7 Å².